The molecule has 0 saturated heterocycles. The van der Waals surface area contributed by atoms with Gasteiger partial charge in [-0.2, -0.15) is 5.10 Å². The maximum Gasteiger partial charge on any atom is 0.326 e. The van der Waals surface area contributed by atoms with Crippen LogP contribution in [0.3, 0.4) is 0 Å². The highest BCUT2D eigenvalue weighted by molar-refractivity contribution is 7.99. The largest absolute Gasteiger partial charge is 0.461 e. The smallest absolute Gasteiger partial charge is 0.326 e. The molecule has 0 amide bonds. The fraction of sp³-hybridized carbons (Fsp3) is 0.333. The van der Waals surface area contributed by atoms with Crippen molar-refractivity contribution in [2.24, 2.45) is 23.5 Å². The van der Waals surface area contributed by atoms with E-state index in [9.17, 15) is 18.4 Å². The number of rotatable bonds is 8. The summed E-state index contributed by atoms with van der Waals surface area (Å²) in [5.41, 5.74) is 6.49. The average Bonchev–Trinajstić information content (AvgIpc) is 3.28. The Labute approximate surface area is 215 Å². The molecule has 3 N–H and O–H groups in total. The Balaban J connectivity index is 0.00000304. The summed E-state index contributed by atoms with van der Waals surface area (Å²) in [6.07, 6.45) is 1.67. The molecular weight excluding hydrogens is 514 g/mol. The molecule has 12 heteroatoms. The molecule has 36 heavy (non-hydrogen) atoms. The maximum absolute atomic E-state index is 13.2. The number of nitrogens with zero attached hydrogens (tertiary/aromatic N) is 2. The van der Waals surface area contributed by atoms with Crippen LogP contribution < -0.4 is 5.73 Å². The van der Waals surface area contributed by atoms with E-state index in [1.54, 1.807) is 12.1 Å². The number of nitrogens with one attached hydrogen (secondary N) is 1. The van der Waals surface area contributed by atoms with Gasteiger partial charge in [0.15, 0.2) is 5.16 Å². The van der Waals surface area contributed by atoms with Crippen LogP contribution in [0, 0.1) is 29.4 Å². The van der Waals surface area contributed by atoms with E-state index in [4.69, 9.17) is 15.2 Å². The van der Waals surface area contributed by atoms with E-state index in [0.29, 0.717) is 16.3 Å². The van der Waals surface area contributed by atoms with Crippen molar-refractivity contribution in [3.05, 3.63) is 77.6 Å². The molecule has 2 aliphatic carbocycles. The maximum atomic E-state index is 13.2. The quantitative estimate of drug-likeness (QED) is 0.420. The molecule has 5 atom stereocenters. The summed E-state index contributed by atoms with van der Waals surface area (Å²) in [5, 5.41) is 6.99. The third kappa shape index (κ3) is 5.23. The van der Waals surface area contributed by atoms with Gasteiger partial charge in [-0.05, 0) is 47.7 Å². The van der Waals surface area contributed by atoms with Crippen LogP contribution in [-0.2, 0) is 32.3 Å². The number of carbonyl (C=O) groups excluding carboxylic acids is 2. The molecule has 1 heterocycles. The lowest BCUT2D eigenvalue weighted by Gasteiger charge is -2.27. The van der Waals surface area contributed by atoms with Gasteiger partial charge in [-0.15, -0.1) is 12.4 Å². The lowest BCUT2D eigenvalue weighted by atomic mass is 9.91. The number of carbonyl (C=O) groups is 2. The van der Waals surface area contributed by atoms with Gasteiger partial charge in [0.1, 0.15) is 36.7 Å². The molecule has 1 aromatic heterocycles. The molecule has 5 rings (SSSR count). The summed E-state index contributed by atoms with van der Waals surface area (Å²) < 4.78 is 37.2. The third-order valence-electron chi connectivity index (χ3n) is 6.52. The van der Waals surface area contributed by atoms with Crippen molar-refractivity contribution in [1.82, 2.24) is 15.2 Å². The molecule has 8 nitrogen and oxygen atoms in total. The number of hydrogen-bond acceptors (Lipinski definition) is 8. The van der Waals surface area contributed by atoms with Crippen LogP contribution in [0.2, 0.25) is 0 Å². The first-order chi connectivity index (χ1) is 16.8. The number of hydrogen-bond donors (Lipinski definition) is 2. The minimum Gasteiger partial charge on any atom is -0.461 e. The number of benzene rings is 2. The van der Waals surface area contributed by atoms with Gasteiger partial charge in [0, 0.05) is 11.2 Å². The topological polar surface area (TPSA) is 120 Å². The van der Waals surface area contributed by atoms with Crippen molar-refractivity contribution in [3.8, 4) is 0 Å². The summed E-state index contributed by atoms with van der Waals surface area (Å²) in [6.45, 7) is -0.0728. The van der Waals surface area contributed by atoms with Crippen LogP contribution in [0.25, 0.3) is 0 Å². The van der Waals surface area contributed by atoms with Crippen LogP contribution in [0.4, 0.5) is 8.78 Å². The number of H-pyrrole nitrogens is 1. The predicted octanol–water partition coefficient (Wildman–Crippen LogP) is 3.42. The molecular formula is C24H23ClF2N4O4S. The van der Waals surface area contributed by atoms with Crippen LogP contribution >= 0.6 is 24.2 Å². The molecule has 0 unspecified atom stereocenters. The predicted molar refractivity (Wildman–Crippen MR) is 128 cm³/mol. The molecule has 190 valence electrons. The highest BCUT2D eigenvalue weighted by Gasteiger charge is 2.74. The van der Waals surface area contributed by atoms with Gasteiger partial charge in [0.25, 0.3) is 0 Å². The Morgan fingerprint density at radius 2 is 1.61 bits per heavy atom. The second-order valence-corrected chi connectivity index (χ2v) is 9.99. The van der Waals surface area contributed by atoms with Gasteiger partial charge >= 0.3 is 11.9 Å². The fourth-order valence-electron chi connectivity index (χ4n) is 4.80. The van der Waals surface area contributed by atoms with Gasteiger partial charge in [0.2, 0.25) is 0 Å². The Kier molecular flexibility index (Phi) is 7.62. The van der Waals surface area contributed by atoms with Gasteiger partial charge in [-0.3, -0.25) is 14.7 Å². The van der Waals surface area contributed by atoms with Crippen LogP contribution in [0.1, 0.15) is 17.5 Å². The van der Waals surface area contributed by atoms with Crippen molar-refractivity contribution >= 4 is 36.1 Å². The van der Waals surface area contributed by atoms with E-state index < -0.39 is 29.3 Å². The Morgan fingerprint density at radius 1 is 1.03 bits per heavy atom. The average molecular weight is 537 g/mol. The zero-order valence-electron chi connectivity index (χ0n) is 18.8. The highest BCUT2D eigenvalue weighted by Crippen LogP contribution is 2.65. The number of nitrogens with two attached hydrogens (primary N) is 1. The third-order valence-corrected chi connectivity index (χ3v) is 7.73. The normalized spacial score (nSPS) is 26.0. The number of ether oxygens (including phenoxy) is 2. The molecule has 0 radical (unpaired) electrons. The SMILES string of the molecule is Cl.N[C@@]1(C(=O)OCc2ccc(F)cc2)C[C@H](Sc2ncn[nH]2)[C@H]2[C@H](C(=O)OCc3ccc(F)cc3)[C@H]21. The molecule has 0 spiro atoms. The molecule has 2 aromatic carbocycles. The van der Waals surface area contributed by atoms with Crippen LogP contribution in [-0.4, -0.2) is 37.9 Å². The number of aromatic nitrogens is 3. The first-order valence-electron chi connectivity index (χ1n) is 11.0. The van der Waals surface area contributed by atoms with E-state index in [1.165, 1.54) is 54.5 Å². The second-order valence-electron chi connectivity index (χ2n) is 8.76. The lowest BCUT2D eigenvalue weighted by molar-refractivity contribution is -0.153. The first-order valence-corrected chi connectivity index (χ1v) is 11.9. The van der Waals surface area contributed by atoms with Gasteiger partial charge in [-0.1, -0.05) is 36.0 Å². The van der Waals surface area contributed by atoms with Gasteiger partial charge in [0.05, 0.1) is 5.92 Å². The Hall–Kier alpha value is -3.02. The molecule has 2 aliphatic rings. The molecule has 0 bridgehead atoms. The zero-order chi connectivity index (χ0) is 24.6. The van der Waals surface area contributed by atoms with Crippen molar-refractivity contribution < 1.29 is 27.8 Å². The molecule has 0 aliphatic heterocycles. The minimum absolute atomic E-state index is 0. The standard InChI is InChI=1S/C24H22F2N4O4S.ClH/c25-15-5-1-13(2-6-15)10-33-21(31)19-18-17(35-23-28-12-29-30-23)9-24(27,20(18)19)22(32)34-11-14-3-7-16(26)8-4-14;/h1-8,12,17-20H,9-11,27H2,(H,28,29,30);1H/t17-,18-,19-,20-,24-;/m0./s1. The summed E-state index contributed by atoms with van der Waals surface area (Å²) in [7, 11) is 0. The van der Waals surface area contributed by atoms with E-state index in [1.807, 2.05) is 0 Å². The molecule has 3 aromatic rings. The Morgan fingerprint density at radius 3 is 2.17 bits per heavy atom. The van der Waals surface area contributed by atoms with Gasteiger partial charge in [-0.25, -0.2) is 13.8 Å². The van der Waals surface area contributed by atoms with Crippen LogP contribution in [0.5, 0.6) is 0 Å². The number of fused-ring (bicyclic) bond motifs is 1. The number of thioether (sulfide) groups is 1. The van der Waals surface area contributed by atoms with Crippen molar-refractivity contribution in [2.45, 2.75) is 35.6 Å². The summed E-state index contributed by atoms with van der Waals surface area (Å²) >= 11 is 1.37. The van der Waals surface area contributed by atoms with Crippen molar-refractivity contribution in [2.75, 3.05) is 0 Å². The molecule has 2 fully saturated rings. The number of esters is 2. The summed E-state index contributed by atoms with van der Waals surface area (Å²) in [6, 6.07) is 11.3. The van der Waals surface area contributed by atoms with Crippen molar-refractivity contribution in [1.29, 1.82) is 0 Å². The monoisotopic (exact) mass is 536 g/mol. The van der Waals surface area contributed by atoms with E-state index >= 15 is 0 Å². The summed E-state index contributed by atoms with van der Waals surface area (Å²) in [4.78, 5) is 30.2. The minimum atomic E-state index is -1.39. The summed E-state index contributed by atoms with van der Waals surface area (Å²) in [5.74, 6) is -3.08. The first kappa shape index (κ1) is 26.1. The van der Waals surface area contributed by atoms with Gasteiger partial charge < -0.3 is 15.2 Å². The fourth-order valence-corrected chi connectivity index (χ4v) is 6.15. The van der Waals surface area contributed by atoms with E-state index in [2.05, 4.69) is 15.2 Å². The lowest BCUT2D eigenvalue weighted by Crippen LogP contribution is -2.51. The Bertz CT molecular complexity index is 1220. The van der Waals surface area contributed by atoms with Crippen molar-refractivity contribution in [3.63, 3.8) is 0 Å². The van der Waals surface area contributed by atoms with E-state index in [-0.39, 0.29) is 54.8 Å². The number of halogens is 3. The number of aromatic amines is 1. The van der Waals surface area contributed by atoms with E-state index in [0.717, 1.165) is 0 Å². The molecule has 2 saturated carbocycles. The highest BCUT2D eigenvalue weighted by atomic mass is 35.5. The zero-order valence-corrected chi connectivity index (χ0v) is 20.4. The van der Waals surface area contributed by atoms with Crippen LogP contribution in [0.15, 0.2) is 60.0 Å². The second kappa shape index (κ2) is 10.5.